The van der Waals surface area contributed by atoms with Crippen LogP contribution in [0.2, 0.25) is 0 Å². The molecule has 0 bridgehead atoms. The first-order valence-corrected chi connectivity index (χ1v) is 7.85. The zero-order valence-electron chi connectivity index (χ0n) is 14.9. The number of hydrogen-bond acceptors (Lipinski definition) is 5. The SMILES string of the molecule is COc1ccc(OC)c(C(=O)C=Cc2ccc(O)c(CN(C)C)c2)c1. The van der Waals surface area contributed by atoms with Crippen molar-refractivity contribution in [2.75, 3.05) is 28.3 Å². The van der Waals surface area contributed by atoms with Crippen LogP contribution in [0.25, 0.3) is 6.08 Å². The van der Waals surface area contributed by atoms with Gasteiger partial charge in [-0.3, -0.25) is 4.79 Å². The lowest BCUT2D eigenvalue weighted by molar-refractivity contribution is 0.104. The fourth-order valence-corrected chi connectivity index (χ4v) is 2.44. The largest absolute Gasteiger partial charge is 0.508 e. The fraction of sp³-hybridized carbons (Fsp3) is 0.250. The number of rotatable bonds is 7. The van der Waals surface area contributed by atoms with Crippen LogP contribution in [0.4, 0.5) is 0 Å². The van der Waals surface area contributed by atoms with Gasteiger partial charge in [-0.05, 0) is 56.1 Å². The van der Waals surface area contributed by atoms with Crippen molar-refractivity contribution in [3.63, 3.8) is 0 Å². The summed E-state index contributed by atoms with van der Waals surface area (Å²) in [5.74, 6) is 1.15. The minimum Gasteiger partial charge on any atom is -0.508 e. The second-order valence-corrected chi connectivity index (χ2v) is 5.89. The van der Waals surface area contributed by atoms with Gasteiger partial charge in [0.05, 0.1) is 19.8 Å². The van der Waals surface area contributed by atoms with E-state index in [-0.39, 0.29) is 11.5 Å². The van der Waals surface area contributed by atoms with E-state index >= 15 is 0 Å². The highest BCUT2D eigenvalue weighted by Crippen LogP contribution is 2.25. The Balaban J connectivity index is 2.26. The number of nitrogens with zero attached hydrogens (tertiary/aromatic N) is 1. The first-order chi connectivity index (χ1) is 11.9. The molecule has 1 N–H and O–H groups in total. The molecule has 0 unspecified atom stereocenters. The maximum atomic E-state index is 12.5. The number of ether oxygens (including phenoxy) is 2. The summed E-state index contributed by atoms with van der Waals surface area (Å²) in [5, 5.41) is 9.92. The van der Waals surface area contributed by atoms with Crippen LogP contribution in [0, 0.1) is 0 Å². The summed E-state index contributed by atoms with van der Waals surface area (Å²) in [6.45, 7) is 0.616. The molecule has 0 aliphatic carbocycles. The number of benzene rings is 2. The first-order valence-electron chi connectivity index (χ1n) is 7.85. The van der Waals surface area contributed by atoms with Crippen LogP contribution in [0.1, 0.15) is 21.5 Å². The van der Waals surface area contributed by atoms with Crippen LogP contribution < -0.4 is 9.47 Å². The Morgan fingerprint density at radius 1 is 1.12 bits per heavy atom. The van der Waals surface area contributed by atoms with Crippen molar-refractivity contribution >= 4 is 11.9 Å². The predicted molar refractivity (Wildman–Crippen MR) is 98.4 cm³/mol. The van der Waals surface area contributed by atoms with Crippen molar-refractivity contribution in [3.05, 3.63) is 59.2 Å². The number of carbonyl (C=O) groups excluding carboxylic acids is 1. The zero-order valence-corrected chi connectivity index (χ0v) is 14.9. The van der Waals surface area contributed by atoms with Crippen LogP contribution in [0.3, 0.4) is 0 Å². The summed E-state index contributed by atoms with van der Waals surface area (Å²) < 4.78 is 10.4. The molecule has 0 heterocycles. The molecule has 0 aromatic heterocycles. The average Bonchev–Trinajstić information content (AvgIpc) is 2.61. The second kappa shape index (κ2) is 8.35. The molecule has 5 heteroatoms. The normalized spacial score (nSPS) is 11.1. The molecular formula is C20H23NO4. The van der Waals surface area contributed by atoms with E-state index in [1.807, 2.05) is 25.1 Å². The van der Waals surface area contributed by atoms with Crippen LogP contribution in [0.15, 0.2) is 42.5 Å². The van der Waals surface area contributed by atoms with Crippen molar-refractivity contribution in [2.45, 2.75) is 6.54 Å². The molecule has 0 atom stereocenters. The Labute approximate surface area is 148 Å². The summed E-state index contributed by atoms with van der Waals surface area (Å²) >= 11 is 0. The van der Waals surface area contributed by atoms with Gasteiger partial charge in [-0.25, -0.2) is 0 Å². The monoisotopic (exact) mass is 341 g/mol. The lowest BCUT2D eigenvalue weighted by Crippen LogP contribution is -2.10. The lowest BCUT2D eigenvalue weighted by Gasteiger charge is -2.11. The molecular weight excluding hydrogens is 318 g/mol. The summed E-state index contributed by atoms with van der Waals surface area (Å²) in [6.07, 6.45) is 3.21. The van der Waals surface area contributed by atoms with E-state index in [2.05, 4.69) is 0 Å². The van der Waals surface area contributed by atoms with E-state index in [4.69, 9.17) is 9.47 Å². The second-order valence-electron chi connectivity index (χ2n) is 5.89. The quantitative estimate of drug-likeness (QED) is 0.618. The smallest absolute Gasteiger partial charge is 0.189 e. The topological polar surface area (TPSA) is 59.0 Å². The summed E-state index contributed by atoms with van der Waals surface area (Å²) in [7, 11) is 6.94. The third-order valence-electron chi connectivity index (χ3n) is 3.69. The van der Waals surface area contributed by atoms with Gasteiger partial charge in [0.1, 0.15) is 17.2 Å². The number of phenols is 1. The molecule has 2 rings (SSSR count). The molecule has 0 spiro atoms. The van der Waals surface area contributed by atoms with E-state index in [1.165, 1.54) is 13.2 Å². The molecule has 5 nitrogen and oxygen atoms in total. The molecule has 0 saturated heterocycles. The summed E-state index contributed by atoms with van der Waals surface area (Å²) in [5.41, 5.74) is 2.08. The van der Waals surface area contributed by atoms with Crippen molar-refractivity contribution in [3.8, 4) is 17.2 Å². The maximum Gasteiger partial charge on any atom is 0.189 e. The number of aromatic hydroxyl groups is 1. The van der Waals surface area contributed by atoms with Gasteiger partial charge in [-0.1, -0.05) is 12.1 Å². The standard InChI is InChI=1S/C20H23NO4/c1-21(2)13-15-11-14(5-8-18(15)22)6-9-19(23)17-12-16(24-3)7-10-20(17)25-4/h5-12,22H,13H2,1-4H3. The summed E-state index contributed by atoms with van der Waals surface area (Å²) in [6, 6.07) is 10.4. The minimum atomic E-state index is -0.182. The van der Waals surface area contributed by atoms with Gasteiger partial charge in [0, 0.05) is 12.1 Å². The van der Waals surface area contributed by atoms with E-state index in [9.17, 15) is 9.90 Å². The lowest BCUT2D eigenvalue weighted by atomic mass is 10.1. The van der Waals surface area contributed by atoms with Crippen LogP contribution in [-0.2, 0) is 6.54 Å². The Hall–Kier alpha value is -2.79. The Kier molecular flexibility index (Phi) is 6.19. The molecule has 0 saturated carbocycles. The number of ketones is 1. The highest BCUT2D eigenvalue weighted by Gasteiger charge is 2.11. The first kappa shape index (κ1) is 18.5. The summed E-state index contributed by atoms with van der Waals surface area (Å²) in [4.78, 5) is 14.5. The molecule has 0 fully saturated rings. The number of phenolic OH excluding ortho intramolecular Hbond substituents is 1. The number of carbonyl (C=O) groups is 1. The van der Waals surface area contributed by atoms with Crippen LogP contribution in [-0.4, -0.2) is 44.1 Å². The number of methoxy groups -OCH3 is 2. The highest BCUT2D eigenvalue weighted by molar-refractivity contribution is 6.08. The van der Waals surface area contributed by atoms with Gasteiger partial charge < -0.3 is 19.5 Å². The minimum absolute atomic E-state index is 0.182. The van der Waals surface area contributed by atoms with E-state index in [1.54, 1.807) is 43.5 Å². The van der Waals surface area contributed by atoms with E-state index < -0.39 is 0 Å². The van der Waals surface area contributed by atoms with Gasteiger partial charge in [-0.2, -0.15) is 0 Å². The average molecular weight is 341 g/mol. The van der Waals surface area contributed by atoms with Gasteiger partial charge in [-0.15, -0.1) is 0 Å². The Morgan fingerprint density at radius 3 is 2.52 bits per heavy atom. The van der Waals surface area contributed by atoms with Crippen molar-refractivity contribution < 1.29 is 19.4 Å². The van der Waals surface area contributed by atoms with Gasteiger partial charge in [0.2, 0.25) is 0 Å². The van der Waals surface area contributed by atoms with Crippen LogP contribution >= 0.6 is 0 Å². The van der Waals surface area contributed by atoms with Crippen LogP contribution in [0.5, 0.6) is 17.2 Å². The zero-order chi connectivity index (χ0) is 18.4. The molecule has 0 radical (unpaired) electrons. The van der Waals surface area contributed by atoms with Gasteiger partial charge in [0.25, 0.3) is 0 Å². The fourth-order valence-electron chi connectivity index (χ4n) is 2.44. The molecule has 0 aliphatic heterocycles. The Morgan fingerprint density at radius 2 is 1.88 bits per heavy atom. The van der Waals surface area contributed by atoms with Crippen molar-refractivity contribution in [1.29, 1.82) is 0 Å². The molecule has 132 valence electrons. The molecule has 0 amide bonds. The van der Waals surface area contributed by atoms with Gasteiger partial charge >= 0.3 is 0 Å². The predicted octanol–water partition coefficient (Wildman–Crippen LogP) is 3.37. The van der Waals surface area contributed by atoms with Crippen molar-refractivity contribution in [2.24, 2.45) is 0 Å². The molecule has 2 aromatic carbocycles. The molecule has 0 aliphatic rings. The number of allylic oxidation sites excluding steroid dienone is 1. The molecule has 2 aromatic rings. The maximum absolute atomic E-state index is 12.5. The highest BCUT2D eigenvalue weighted by atomic mass is 16.5. The Bertz CT molecular complexity index is 781. The van der Waals surface area contributed by atoms with Crippen molar-refractivity contribution in [1.82, 2.24) is 4.90 Å². The number of hydrogen-bond donors (Lipinski definition) is 1. The third kappa shape index (κ3) is 4.84. The third-order valence-corrected chi connectivity index (χ3v) is 3.69. The van der Waals surface area contributed by atoms with E-state index in [0.29, 0.717) is 23.6 Å². The molecule has 25 heavy (non-hydrogen) atoms. The van der Waals surface area contributed by atoms with Gasteiger partial charge in [0.15, 0.2) is 5.78 Å². The van der Waals surface area contributed by atoms with E-state index in [0.717, 1.165) is 11.1 Å².